The minimum Gasteiger partial charge on any atom is -0.460 e. The molecule has 0 spiro atoms. The summed E-state index contributed by atoms with van der Waals surface area (Å²) in [5, 5.41) is 0. The number of amides is 2. The number of nitrogens with zero attached hydrogens (tertiary/aromatic N) is 4. The number of hydrogen-bond acceptors (Lipinski definition) is 5. The zero-order chi connectivity index (χ0) is 19.5. The van der Waals surface area contributed by atoms with Gasteiger partial charge in [0.05, 0.1) is 18.3 Å². The van der Waals surface area contributed by atoms with Crippen LogP contribution in [0.5, 0.6) is 6.01 Å². The molecule has 0 radical (unpaired) electrons. The number of carbonyl (C=O) groups excluding carboxylic acids is 2. The first-order chi connectivity index (χ1) is 13.6. The Morgan fingerprint density at radius 2 is 1.79 bits per heavy atom. The lowest BCUT2D eigenvalue weighted by atomic mass is 10.0. The molecule has 2 aliphatic heterocycles. The highest BCUT2D eigenvalue weighted by molar-refractivity contribution is 6.00. The molecule has 2 saturated heterocycles. The SMILES string of the molecule is O=C(C1CC(=O)N(c2ccccc2)C1)N1CCC(Oc2ncc(F)cn2)CC1. The number of anilines is 1. The number of halogens is 1. The van der Waals surface area contributed by atoms with Crippen molar-refractivity contribution in [2.45, 2.75) is 25.4 Å². The highest BCUT2D eigenvalue weighted by Gasteiger charge is 2.38. The van der Waals surface area contributed by atoms with Gasteiger partial charge in [-0.1, -0.05) is 18.2 Å². The van der Waals surface area contributed by atoms with Crippen LogP contribution >= 0.6 is 0 Å². The van der Waals surface area contributed by atoms with Gasteiger partial charge in [0.2, 0.25) is 11.8 Å². The number of aromatic nitrogens is 2. The van der Waals surface area contributed by atoms with E-state index in [-0.39, 0.29) is 36.3 Å². The number of rotatable bonds is 4. The molecule has 146 valence electrons. The van der Waals surface area contributed by atoms with Crippen LogP contribution in [0.4, 0.5) is 10.1 Å². The Morgan fingerprint density at radius 1 is 1.11 bits per heavy atom. The van der Waals surface area contributed by atoms with Crippen molar-refractivity contribution in [2.75, 3.05) is 24.5 Å². The van der Waals surface area contributed by atoms with Crippen molar-refractivity contribution >= 4 is 17.5 Å². The summed E-state index contributed by atoms with van der Waals surface area (Å²) in [6.45, 7) is 1.53. The van der Waals surface area contributed by atoms with Crippen LogP contribution in [0.1, 0.15) is 19.3 Å². The van der Waals surface area contributed by atoms with Gasteiger partial charge < -0.3 is 14.5 Å². The van der Waals surface area contributed by atoms with Gasteiger partial charge in [-0.05, 0) is 12.1 Å². The van der Waals surface area contributed by atoms with E-state index in [2.05, 4.69) is 9.97 Å². The van der Waals surface area contributed by atoms with Gasteiger partial charge in [0.1, 0.15) is 6.10 Å². The van der Waals surface area contributed by atoms with Crippen LogP contribution in [-0.2, 0) is 9.59 Å². The molecule has 0 saturated carbocycles. The minimum atomic E-state index is -0.511. The van der Waals surface area contributed by atoms with Gasteiger partial charge in [0.25, 0.3) is 0 Å². The maximum Gasteiger partial charge on any atom is 0.316 e. The fraction of sp³-hybridized carbons (Fsp3) is 0.400. The molecule has 0 N–H and O–H groups in total. The van der Waals surface area contributed by atoms with Crippen molar-refractivity contribution in [3.05, 3.63) is 48.5 Å². The third-order valence-corrected chi connectivity index (χ3v) is 5.16. The molecule has 8 heteroatoms. The summed E-state index contributed by atoms with van der Waals surface area (Å²) >= 11 is 0. The number of likely N-dealkylation sites (tertiary alicyclic amines) is 1. The average molecular weight is 384 g/mol. The topological polar surface area (TPSA) is 75.6 Å². The van der Waals surface area contributed by atoms with Crippen molar-refractivity contribution < 1.29 is 18.7 Å². The minimum absolute atomic E-state index is 0.0169. The van der Waals surface area contributed by atoms with Crippen LogP contribution in [-0.4, -0.2) is 52.4 Å². The van der Waals surface area contributed by atoms with E-state index in [1.54, 1.807) is 9.80 Å². The Labute approximate surface area is 162 Å². The van der Waals surface area contributed by atoms with Crippen LogP contribution in [0.15, 0.2) is 42.7 Å². The maximum atomic E-state index is 12.9. The molecule has 0 aliphatic carbocycles. The summed E-state index contributed by atoms with van der Waals surface area (Å²) in [5.74, 6) is -0.825. The van der Waals surface area contributed by atoms with E-state index in [4.69, 9.17) is 4.74 Å². The Bertz CT molecular complexity index is 838. The third-order valence-electron chi connectivity index (χ3n) is 5.16. The normalized spacial score (nSPS) is 20.5. The standard InChI is InChI=1S/C20H21FN4O3/c21-15-11-22-20(23-12-15)28-17-6-8-24(9-7-17)19(27)14-10-18(26)25(13-14)16-4-2-1-3-5-16/h1-5,11-12,14,17H,6-10,13H2. The molecule has 4 rings (SSSR count). The lowest BCUT2D eigenvalue weighted by Crippen LogP contribution is -2.45. The highest BCUT2D eigenvalue weighted by Crippen LogP contribution is 2.27. The van der Waals surface area contributed by atoms with E-state index in [0.29, 0.717) is 32.5 Å². The van der Waals surface area contributed by atoms with Crippen molar-refractivity contribution in [3.8, 4) is 6.01 Å². The lowest BCUT2D eigenvalue weighted by molar-refractivity contribution is -0.137. The predicted octanol–water partition coefficient (Wildman–Crippen LogP) is 2.04. The molecule has 2 aliphatic rings. The molecule has 1 aromatic carbocycles. The quantitative estimate of drug-likeness (QED) is 0.806. The number of hydrogen-bond donors (Lipinski definition) is 0. The van der Waals surface area contributed by atoms with E-state index in [1.807, 2.05) is 30.3 Å². The molecule has 1 unspecified atom stereocenters. The second-order valence-electron chi connectivity index (χ2n) is 7.07. The van der Waals surface area contributed by atoms with E-state index in [1.165, 1.54) is 0 Å². The second kappa shape index (κ2) is 7.92. The van der Waals surface area contributed by atoms with Crippen LogP contribution in [0.2, 0.25) is 0 Å². The lowest BCUT2D eigenvalue weighted by Gasteiger charge is -2.33. The van der Waals surface area contributed by atoms with E-state index in [0.717, 1.165) is 18.1 Å². The number of ether oxygens (including phenoxy) is 1. The van der Waals surface area contributed by atoms with Gasteiger partial charge in [0.15, 0.2) is 5.82 Å². The van der Waals surface area contributed by atoms with Gasteiger partial charge in [-0.15, -0.1) is 0 Å². The van der Waals surface area contributed by atoms with Gasteiger partial charge >= 0.3 is 6.01 Å². The molecule has 2 amide bonds. The van der Waals surface area contributed by atoms with E-state index >= 15 is 0 Å². The highest BCUT2D eigenvalue weighted by atomic mass is 19.1. The number of benzene rings is 1. The number of piperidine rings is 1. The van der Waals surface area contributed by atoms with E-state index in [9.17, 15) is 14.0 Å². The van der Waals surface area contributed by atoms with Crippen LogP contribution in [0.25, 0.3) is 0 Å². The fourth-order valence-corrected chi connectivity index (χ4v) is 3.69. The summed E-state index contributed by atoms with van der Waals surface area (Å²) in [6, 6.07) is 9.57. The summed E-state index contributed by atoms with van der Waals surface area (Å²) < 4.78 is 18.5. The average Bonchev–Trinajstić information content (AvgIpc) is 3.12. The fourth-order valence-electron chi connectivity index (χ4n) is 3.69. The molecule has 2 aromatic rings. The van der Waals surface area contributed by atoms with Gasteiger partial charge in [-0.25, -0.2) is 14.4 Å². The Hall–Kier alpha value is -3.03. The Morgan fingerprint density at radius 3 is 2.46 bits per heavy atom. The molecule has 1 atom stereocenters. The van der Waals surface area contributed by atoms with Crippen molar-refractivity contribution in [1.29, 1.82) is 0 Å². The second-order valence-corrected chi connectivity index (χ2v) is 7.07. The molecular weight excluding hydrogens is 363 g/mol. The summed E-state index contributed by atoms with van der Waals surface area (Å²) in [4.78, 5) is 36.3. The summed E-state index contributed by atoms with van der Waals surface area (Å²) in [6.07, 6.45) is 3.56. The van der Waals surface area contributed by atoms with Crippen molar-refractivity contribution in [2.24, 2.45) is 5.92 Å². The molecule has 28 heavy (non-hydrogen) atoms. The number of para-hydroxylation sites is 1. The first-order valence-electron chi connectivity index (χ1n) is 9.38. The van der Waals surface area contributed by atoms with Gasteiger partial charge in [0, 0.05) is 44.6 Å². The van der Waals surface area contributed by atoms with Gasteiger partial charge in [-0.3, -0.25) is 9.59 Å². The zero-order valence-electron chi connectivity index (χ0n) is 15.3. The molecule has 7 nitrogen and oxygen atoms in total. The molecule has 2 fully saturated rings. The van der Waals surface area contributed by atoms with Crippen molar-refractivity contribution in [3.63, 3.8) is 0 Å². The van der Waals surface area contributed by atoms with E-state index < -0.39 is 5.82 Å². The van der Waals surface area contributed by atoms with Gasteiger partial charge in [-0.2, -0.15) is 0 Å². The third kappa shape index (κ3) is 3.95. The predicted molar refractivity (Wildman–Crippen MR) is 99.1 cm³/mol. The molecule has 1 aromatic heterocycles. The first-order valence-corrected chi connectivity index (χ1v) is 9.38. The maximum absolute atomic E-state index is 12.9. The molecular formula is C20H21FN4O3. The number of carbonyl (C=O) groups is 2. The largest absolute Gasteiger partial charge is 0.460 e. The summed E-state index contributed by atoms with van der Waals surface area (Å²) in [7, 11) is 0. The zero-order valence-corrected chi connectivity index (χ0v) is 15.3. The Balaban J connectivity index is 1.30. The first kappa shape index (κ1) is 18.3. The smallest absolute Gasteiger partial charge is 0.316 e. The monoisotopic (exact) mass is 384 g/mol. The summed E-state index contributed by atoms with van der Waals surface area (Å²) in [5.41, 5.74) is 0.828. The van der Waals surface area contributed by atoms with Crippen molar-refractivity contribution in [1.82, 2.24) is 14.9 Å². The molecule has 3 heterocycles. The van der Waals surface area contributed by atoms with Crippen LogP contribution < -0.4 is 9.64 Å². The Kier molecular flexibility index (Phi) is 5.18. The van der Waals surface area contributed by atoms with Crippen LogP contribution in [0.3, 0.4) is 0 Å². The molecule has 0 bridgehead atoms. The van der Waals surface area contributed by atoms with Crippen LogP contribution in [0, 0.1) is 11.7 Å².